The Kier molecular flexibility index (Phi) is 6.89. The molecule has 1 unspecified atom stereocenters. The minimum absolute atomic E-state index is 0.00787. The molecule has 1 amide bonds. The maximum Gasteiger partial charge on any atom is 0.241 e. The third-order valence-electron chi connectivity index (χ3n) is 3.08. The fourth-order valence-electron chi connectivity index (χ4n) is 1.98. The van der Waals surface area contributed by atoms with Gasteiger partial charge in [0.2, 0.25) is 5.91 Å². The molecule has 1 rings (SSSR count). The fraction of sp³-hybridized carbons (Fsp3) is 0.533. The van der Waals surface area contributed by atoms with Gasteiger partial charge in [-0.15, -0.1) is 0 Å². The Morgan fingerprint density at radius 3 is 2.68 bits per heavy atom. The quantitative estimate of drug-likeness (QED) is 0.799. The molecule has 1 aromatic rings. The minimum atomic E-state index is -0.152. The summed E-state index contributed by atoms with van der Waals surface area (Å²) < 4.78 is 0. The van der Waals surface area contributed by atoms with Crippen LogP contribution in [-0.2, 0) is 4.79 Å². The van der Waals surface area contributed by atoms with Crippen molar-refractivity contribution in [3.05, 3.63) is 28.8 Å². The van der Waals surface area contributed by atoms with Crippen molar-refractivity contribution in [1.82, 2.24) is 5.32 Å². The number of hydrogen-bond donors (Lipinski definition) is 2. The average molecular weight is 283 g/mol. The standard InChI is InChI=1S/C15H23ClN2O/c1-4-6-10-13(17-5-2)15(19)18-14-11(3)8-7-9-12(14)16/h7-9,13,17H,4-6,10H2,1-3H3,(H,18,19). The van der Waals surface area contributed by atoms with Crippen LogP contribution in [0, 0.1) is 6.92 Å². The van der Waals surface area contributed by atoms with E-state index in [0.717, 1.165) is 31.4 Å². The Labute approximate surface area is 120 Å². The zero-order valence-corrected chi connectivity index (χ0v) is 12.7. The number of para-hydroxylation sites is 1. The number of aryl methyl sites for hydroxylation is 1. The van der Waals surface area contributed by atoms with Gasteiger partial charge in [0.05, 0.1) is 16.8 Å². The number of halogens is 1. The molecular weight excluding hydrogens is 260 g/mol. The second-order valence-electron chi connectivity index (χ2n) is 4.67. The topological polar surface area (TPSA) is 41.1 Å². The van der Waals surface area contributed by atoms with Crippen molar-refractivity contribution in [3.63, 3.8) is 0 Å². The summed E-state index contributed by atoms with van der Waals surface area (Å²) in [6.07, 6.45) is 2.96. The van der Waals surface area contributed by atoms with Crippen LogP contribution in [0.15, 0.2) is 18.2 Å². The zero-order chi connectivity index (χ0) is 14.3. The van der Waals surface area contributed by atoms with Crippen molar-refractivity contribution < 1.29 is 4.79 Å². The van der Waals surface area contributed by atoms with Crippen LogP contribution >= 0.6 is 11.6 Å². The van der Waals surface area contributed by atoms with Gasteiger partial charge in [0, 0.05) is 0 Å². The summed E-state index contributed by atoms with van der Waals surface area (Å²) in [6, 6.07) is 5.46. The normalized spacial score (nSPS) is 12.2. The SMILES string of the molecule is CCCCC(NCC)C(=O)Nc1c(C)cccc1Cl. The van der Waals surface area contributed by atoms with Gasteiger partial charge in [-0.05, 0) is 31.5 Å². The predicted octanol–water partition coefficient (Wildman–Crippen LogP) is 3.76. The van der Waals surface area contributed by atoms with Gasteiger partial charge in [-0.3, -0.25) is 4.79 Å². The molecule has 0 spiro atoms. The smallest absolute Gasteiger partial charge is 0.241 e. The van der Waals surface area contributed by atoms with Crippen molar-refractivity contribution in [2.45, 2.75) is 46.1 Å². The number of benzene rings is 1. The summed E-state index contributed by atoms with van der Waals surface area (Å²) in [6.45, 7) is 6.85. The molecule has 3 nitrogen and oxygen atoms in total. The third kappa shape index (κ3) is 4.84. The molecule has 0 aliphatic carbocycles. The van der Waals surface area contributed by atoms with Gasteiger partial charge in [-0.1, -0.05) is 50.4 Å². The number of hydrogen-bond acceptors (Lipinski definition) is 2. The number of unbranched alkanes of at least 4 members (excludes halogenated alkanes) is 1. The number of anilines is 1. The minimum Gasteiger partial charge on any atom is -0.323 e. The van der Waals surface area contributed by atoms with Gasteiger partial charge in [-0.25, -0.2) is 0 Å². The maximum absolute atomic E-state index is 12.3. The van der Waals surface area contributed by atoms with Crippen molar-refractivity contribution in [2.24, 2.45) is 0 Å². The van der Waals surface area contributed by atoms with Crippen LogP contribution in [0.5, 0.6) is 0 Å². The second-order valence-corrected chi connectivity index (χ2v) is 5.08. The lowest BCUT2D eigenvalue weighted by atomic mass is 10.1. The van der Waals surface area contributed by atoms with Gasteiger partial charge >= 0.3 is 0 Å². The third-order valence-corrected chi connectivity index (χ3v) is 3.40. The highest BCUT2D eigenvalue weighted by Gasteiger charge is 2.18. The molecule has 0 aliphatic heterocycles. The number of nitrogens with one attached hydrogen (secondary N) is 2. The predicted molar refractivity (Wildman–Crippen MR) is 81.8 cm³/mol. The van der Waals surface area contributed by atoms with Crippen LogP contribution in [0.25, 0.3) is 0 Å². The van der Waals surface area contributed by atoms with Crippen molar-refractivity contribution in [3.8, 4) is 0 Å². The van der Waals surface area contributed by atoms with Crippen LogP contribution in [-0.4, -0.2) is 18.5 Å². The summed E-state index contributed by atoms with van der Waals surface area (Å²) in [5.41, 5.74) is 1.69. The van der Waals surface area contributed by atoms with Gasteiger partial charge in [0.1, 0.15) is 0 Å². The molecule has 0 saturated carbocycles. The van der Waals surface area contributed by atoms with Gasteiger partial charge < -0.3 is 10.6 Å². The first-order valence-corrected chi connectivity index (χ1v) is 7.27. The Balaban J connectivity index is 2.75. The molecule has 0 bridgehead atoms. The monoisotopic (exact) mass is 282 g/mol. The van der Waals surface area contributed by atoms with Crippen molar-refractivity contribution >= 4 is 23.2 Å². The number of rotatable bonds is 7. The fourth-order valence-corrected chi connectivity index (χ4v) is 2.25. The number of carbonyl (C=O) groups is 1. The van der Waals surface area contributed by atoms with Crippen LogP contribution in [0.3, 0.4) is 0 Å². The van der Waals surface area contributed by atoms with Crippen LogP contribution in [0.4, 0.5) is 5.69 Å². The Bertz CT molecular complexity index is 400. The van der Waals surface area contributed by atoms with E-state index >= 15 is 0 Å². The van der Waals surface area contributed by atoms with E-state index in [-0.39, 0.29) is 11.9 Å². The van der Waals surface area contributed by atoms with E-state index in [9.17, 15) is 4.79 Å². The lowest BCUT2D eigenvalue weighted by molar-refractivity contribution is -0.118. The zero-order valence-electron chi connectivity index (χ0n) is 11.9. The lowest BCUT2D eigenvalue weighted by Crippen LogP contribution is -2.40. The van der Waals surface area contributed by atoms with Gasteiger partial charge in [-0.2, -0.15) is 0 Å². The molecular formula is C15H23ClN2O. The number of carbonyl (C=O) groups excluding carboxylic acids is 1. The van der Waals surface area contributed by atoms with E-state index in [1.807, 2.05) is 26.0 Å². The van der Waals surface area contributed by atoms with E-state index in [0.29, 0.717) is 10.7 Å². The molecule has 19 heavy (non-hydrogen) atoms. The number of amides is 1. The first-order chi connectivity index (χ1) is 9.10. The van der Waals surface area contributed by atoms with Crippen LogP contribution < -0.4 is 10.6 Å². The van der Waals surface area contributed by atoms with E-state index < -0.39 is 0 Å². The molecule has 0 radical (unpaired) electrons. The largest absolute Gasteiger partial charge is 0.323 e. The first kappa shape index (κ1) is 16.0. The summed E-state index contributed by atoms with van der Waals surface area (Å²) in [5.74, 6) is -0.00787. The summed E-state index contributed by atoms with van der Waals surface area (Å²) in [4.78, 5) is 12.3. The molecule has 2 N–H and O–H groups in total. The Morgan fingerprint density at radius 2 is 2.11 bits per heavy atom. The molecule has 0 aliphatic rings. The first-order valence-electron chi connectivity index (χ1n) is 6.89. The highest BCUT2D eigenvalue weighted by Crippen LogP contribution is 2.25. The molecule has 1 atom stereocenters. The van der Waals surface area contributed by atoms with E-state index in [2.05, 4.69) is 17.6 Å². The summed E-state index contributed by atoms with van der Waals surface area (Å²) in [5, 5.41) is 6.74. The molecule has 0 fully saturated rings. The molecule has 106 valence electrons. The lowest BCUT2D eigenvalue weighted by Gasteiger charge is -2.18. The molecule has 4 heteroatoms. The average Bonchev–Trinajstić information content (AvgIpc) is 2.38. The van der Waals surface area contributed by atoms with Gasteiger partial charge in [0.15, 0.2) is 0 Å². The summed E-state index contributed by atoms with van der Waals surface area (Å²) in [7, 11) is 0. The highest BCUT2D eigenvalue weighted by molar-refractivity contribution is 6.34. The molecule has 0 aromatic heterocycles. The second kappa shape index (κ2) is 8.18. The van der Waals surface area contributed by atoms with Gasteiger partial charge in [0.25, 0.3) is 0 Å². The Hall–Kier alpha value is -1.06. The van der Waals surface area contributed by atoms with E-state index in [1.54, 1.807) is 6.07 Å². The maximum atomic E-state index is 12.3. The molecule has 1 aromatic carbocycles. The summed E-state index contributed by atoms with van der Waals surface area (Å²) >= 11 is 6.12. The van der Waals surface area contributed by atoms with Crippen molar-refractivity contribution in [2.75, 3.05) is 11.9 Å². The van der Waals surface area contributed by atoms with E-state index in [4.69, 9.17) is 11.6 Å². The van der Waals surface area contributed by atoms with Crippen LogP contribution in [0.1, 0.15) is 38.7 Å². The number of likely N-dealkylation sites (N-methyl/N-ethyl adjacent to an activating group) is 1. The van der Waals surface area contributed by atoms with Crippen LogP contribution in [0.2, 0.25) is 5.02 Å². The highest BCUT2D eigenvalue weighted by atomic mass is 35.5. The molecule has 0 saturated heterocycles. The Morgan fingerprint density at radius 1 is 1.37 bits per heavy atom. The van der Waals surface area contributed by atoms with E-state index in [1.165, 1.54) is 0 Å². The van der Waals surface area contributed by atoms with Crippen molar-refractivity contribution in [1.29, 1.82) is 0 Å². The molecule has 0 heterocycles.